The maximum Gasteiger partial charge on any atom is 0.341 e. The molecule has 10 nitrogen and oxygen atoms in total. The van der Waals surface area contributed by atoms with E-state index in [0.717, 1.165) is 31.6 Å². The van der Waals surface area contributed by atoms with Crippen LogP contribution in [0.3, 0.4) is 0 Å². The van der Waals surface area contributed by atoms with Gasteiger partial charge in [-0.2, -0.15) is 5.48 Å². The lowest BCUT2D eigenvalue weighted by molar-refractivity contribution is 0.0527. The van der Waals surface area contributed by atoms with Gasteiger partial charge in [0.1, 0.15) is 5.56 Å². The van der Waals surface area contributed by atoms with E-state index in [1.807, 2.05) is 24.3 Å². The molecule has 3 aromatic rings. The van der Waals surface area contributed by atoms with Gasteiger partial charge in [0.15, 0.2) is 17.3 Å². The van der Waals surface area contributed by atoms with Crippen molar-refractivity contribution in [2.45, 2.75) is 39.4 Å². The third-order valence-corrected chi connectivity index (χ3v) is 7.13. The number of aromatic nitrogens is 1. The van der Waals surface area contributed by atoms with Gasteiger partial charge in [-0.3, -0.25) is 4.90 Å². The highest BCUT2D eigenvalue weighted by Gasteiger charge is 2.29. The summed E-state index contributed by atoms with van der Waals surface area (Å²) < 4.78 is 10.8. The molecule has 2 aromatic carbocycles. The fourth-order valence-corrected chi connectivity index (χ4v) is 4.88. The standard InChI is InChI=1S/C30H40N6O4/c1-5-39-30(37)23-17-34-29(33-16-22-11-12-25(40-32-3)26(15-22)38-4)27(31)28(23)35-24-19-36(14-13-20(24)2)18-21-9-7-6-8-10-21/h6-12,15,17,20,24,32H,5,13-14,16,18-19,31H2,1-4H3,(H2,33,34,35). The number of carbonyl (C=O) groups excluding carboxylic acids is 1. The van der Waals surface area contributed by atoms with Crippen LogP contribution >= 0.6 is 0 Å². The quantitative estimate of drug-likeness (QED) is 0.192. The second-order valence-corrected chi connectivity index (χ2v) is 9.91. The number of carbonyl (C=O) groups is 1. The van der Waals surface area contributed by atoms with Gasteiger partial charge in [-0.15, -0.1) is 0 Å². The van der Waals surface area contributed by atoms with E-state index < -0.39 is 5.97 Å². The highest BCUT2D eigenvalue weighted by atomic mass is 16.7. The molecule has 1 aliphatic heterocycles. The monoisotopic (exact) mass is 548 g/mol. The number of nitrogens with one attached hydrogen (secondary N) is 3. The Morgan fingerprint density at radius 2 is 1.95 bits per heavy atom. The largest absolute Gasteiger partial charge is 0.493 e. The summed E-state index contributed by atoms with van der Waals surface area (Å²) in [6, 6.07) is 16.2. The summed E-state index contributed by atoms with van der Waals surface area (Å²) in [6.45, 7) is 7.42. The Hall–Kier alpha value is -4.02. The van der Waals surface area contributed by atoms with Crippen molar-refractivity contribution < 1.29 is 19.1 Å². The molecule has 2 heterocycles. The predicted octanol–water partition coefficient (Wildman–Crippen LogP) is 4.30. The molecule has 5 N–H and O–H groups in total. The third kappa shape index (κ3) is 7.13. The Morgan fingerprint density at radius 1 is 1.15 bits per heavy atom. The molecular formula is C30H40N6O4. The first-order chi connectivity index (χ1) is 19.4. The smallest absolute Gasteiger partial charge is 0.341 e. The molecule has 0 bridgehead atoms. The number of methoxy groups -OCH3 is 1. The molecule has 1 fully saturated rings. The van der Waals surface area contributed by atoms with E-state index in [0.29, 0.717) is 46.7 Å². The van der Waals surface area contributed by atoms with E-state index in [1.54, 1.807) is 21.1 Å². The van der Waals surface area contributed by atoms with Crippen molar-refractivity contribution in [1.82, 2.24) is 15.4 Å². The second-order valence-electron chi connectivity index (χ2n) is 9.91. The topological polar surface area (TPSA) is 123 Å². The number of nitrogen functional groups attached to an aromatic ring is 1. The molecule has 0 amide bonds. The summed E-state index contributed by atoms with van der Waals surface area (Å²) >= 11 is 0. The van der Waals surface area contributed by atoms with Gasteiger partial charge in [0, 0.05) is 38.9 Å². The Bertz CT molecular complexity index is 1270. The Morgan fingerprint density at radius 3 is 2.67 bits per heavy atom. The SMILES string of the molecule is CCOC(=O)c1cnc(NCc2ccc(ONC)c(OC)c2)c(N)c1NC1CN(Cc2ccccc2)CCC1C. The number of hydroxylamine groups is 1. The van der Waals surface area contributed by atoms with Crippen molar-refractivity contribution in [3.63, 3.8) is 0 Å². The number of hydrogen-bond acceptors (Lipinski definition) is 10. The van der Waals surface area contributed by atoms with E-state index in [9.17, 15) is 4.79 Å². The molecule has 0 radical (unpaired) electrons. The summed E-state index contributed by atoms with van der Waals surface area (Å²) in [5.74, 6) is 1.59. The number of nitrogens with zero attached hydrogens (tertiary/aromatic N) is 2. The molecule has 1 aliphatic rings. The van der Waals surface area contributed by atoms with E-state index in [2.05, 4.69) is 57.2 Å². The molecule has 40 heavy (non-hydrogen) atoms. The Kier molecular flexibility index (Phi) is 10.0. The van der Waals surface area contributed by atoms with Gasteiger partial charge in [-0.1, -0.05) is 43.3 Å². The molecule has 2 atom stereocenters. The van der Waals surface area contributed by atoms with Gasteiger partial charge in [0.25, 0.3) is 0 Å². The van der Waals surface area contributed by atoms with Crippen molar-refractivity contribution in [3.05, 3.63) is 71.4 Å². The first kappa shape index (κ1) is 29.0. The minimum Gasteiger partial charge on any atom is -0.493 e. The maximum absolute atomic E-state index is 12.9. The molecule has 0 saturated carbocycles. The van der Waals surface area contributed by atoms with Crippen LogP contribution in [-0.4, -0.2) is 55.7 Å². The van der Waals surface area contributed by atoms with Crippen LogP contribution in [0.2, 0.25) is 0 Å². The average molecular weight is 549 g/mol. The van der Waals surface area contributed by atoms with E-state index in [1.165, 1.54) is 11.8 Å². The zero-order valence-electron chi connectivity index (χ0n) is 23.7. The molecule has 1 saturated heterocycles. The molecular weight excluding hydrogens is 508 g/mol. The number of nitrogens with two attached hydrogens (primary N) is 1. The molecule has 2 unspecified atom stereocenters. The van der Waals surface area contributed by atoms with Crippen molar-refractivity contribution in [3.8, 4) is 11.5 Å². The minimum absolute atomic E-state index is 0.0900. The first-order valence-corrected chi connectivity index (χ1v) is 13.7. The fourth-order valence-electron chi connectivity index (χ4n) is 4.88. The number of hydrogen-bond donors (Lipinski definition) is 4. The summed E-state index contributed by atoms with van der Waals surface area (Å²) in [7, 11) is 3.28. The number of pyridine rings is 1. The number of esters is 1. The molecule has 0 aliphatic carbocycles. The van der Waals surface area contributed by atoms with E-state index >= 15 is 0 Å². The zero-order valence-corrected chi connectivity index (χ0v) is 23.7. The van der Waals surface area contributed by atoms with Crippen molar-refractivity contribution in [2.75, 3.05) is 50.2 Å². The van der Waals surface area contributed by atoms with Gasteiger partial charge >= 0.3 is 5.97 Å². The van der Waals surface area contributed by atoms with Crippen LogP contribution < -0.4 is 31.4 Å². The van der Waals surface area contributed by atoms with Crippen molar-refractivity contribution in [1.29, 1.82) is 0 Å². The summed E-state index contributed by atoms with van der Waals surface area (Å²) in [4.78, 5) is 25.2. The van der Waals surface area contributed by atoms with Crippen LogP contribution in [0, 0.1) is 5.92 Å². The van der Waals surface area contributed by atoms with Gasteiger partial charge in [0.2, 0.25) is 0 Å². The molecule has 214 valence electrons. The molecule has 0 spiro atoms. The summed E-state index contributed by atoms with van der Waals surface area (Å²) in [6.07, 6.45) is 2.56. The molecule has 1 aromatic heterocycles. The minimum atomic E-state index is -0.454. The molecule has 4 rings (SSSR count). The number of piperidine rings is 1. The number of likely N-dealkylation sites (tertiary alicyclic amines) is 1. The van der Waals surface area contributed by atoms with Gasteiger partial charge < -0.3 is 30.7 Å². The highest BCUT2D eigenvalue weighted by Crippen LogP contribution is 2.34. The lowest BCUT2D eigenvalue weighted by Crippen LogP contribution is -2.46. The number of benzene rings is 2. The predicted molar refractivity (Wildman–Crippen MR) is 158 cm³/mol. The van der Waals surface area contributed by atoms with Crippen LogP contribution in [0.15, 0.2) is 54.7 Å². The van der Waals surface area contributed by atoms with Gasteiger partial charge in [0.05, 0.1) is 25.1 Å². The molecule has 10 heteroatoms. The average Bonchev–Trinajstić information content (AvgIpc) is 2.96. The lowest BCUT2D eigenvalue weighted by Gasteiger charge is -2.38. The van der Waals surface area contributed by atoms with Crippen molar-refractivity contribution in [2.24, 2.45) is 5.92 Å². The van der Waals surface area contributed by atoms with Crippen LogP contribution in [0.5, 0.6) is 11.5 Å². The fraction of sp³-hybridized carbons (Fsp3) is 0.400. The zero-order chi connectivity index (χ0) is 28.5. The number of anilines is 3. The normalized spacial score (nSPS) is 17.2. The first-order valence-electron chi connectivity index (χ1n) is 13.7. The second kappa shape index (κ2) is 13.9. The van der Waals surface area contributed by atoms with Crippen LogP contribution in [0.4, 0.5) is 17.2 Å². The van der Waals surface area contributed by atoms with Crippen LogP contribution in [0.1, 0.15) is 41.8 Å². The number of rotatable bonds is 12. The summed E-state index contributed by atoms with van der Waals surface area (Å²) in [5.41, 5.74) is 12.8. The lowest BCUT2D eigenvalue weighted by atomic mass is 9.92. The third-order valence-electron chi connectivity index (χ3n) is 7.13. The van der Waals surface area contributed by atoms with Gasteiger partial charge in [-0.05, 0) is 49.1 Å². The van der Waals surface area contributed by atoms with Crippen LogP contribution in [-0.2, 0) is 17.8 Å². The van der Waals surface area contributed by atoms with E-state index in [4.69, 9.17) is 20.0 Å². The van der Waals surface area contributed by atoms with Crippen LogP contribution in [0.25, 0.3) is 0 Å². The van der Waals surface area contributed by atoms with E-state index in [-0.39, 0.29) is 12.6 Å². The Labute approximate surface area is 236 Å². The highest BCUT2D eigenvalue weighted by molar-refractivity contribution is 6.00. The maximum atomic E-state index is 12.9. The van der Waals surface area contributed by atoms with Gasteiger partial charge in [-0.25, -0.2) is 9.78 Å². The number of ether oxygens (including phenoxy) is 2. The van der Waals surface area contributed by atoms with Crippen molar-refractivity contribution >= 4 is 23.2 Å². The summed E-state index contributed by atoms with van der Waals surface area (Å²) in [5, 5.41) is 6.92. The Balaban J connectivity index is 1.55.